The molecule has 0 fully saturated rings. The lowest BCUT2D eigenvalue weighted by atomic mass is 10.1. The van der Waals surface area contributed by atoms with Crippen LogP contribution < -0.4 is 5.73 Å². The van der Waals surface area contributed by atoms with Gasteiger partial charge in [0, 0.05) is 47.9 Å². The summed E-state index contributed by atoms with van der Waals surface area (Å²) >= 11 is 6.25. The Kier molecular flexibility index (Phi) is 6.32. The molecule has 26 heavy (non-hydrogen) atoms. The van der Waals surface area contributed by atoms with Crippen molar-refractivity contribution in [2.75, 3.05) is 0 Å². The first-order valence-electron chi connectivity index (χ1n) is 7.71. The summed E-state index contributed by atoms with van der Waals surface area (Å²) in [6.45, 7) is 2.79. The van der Waals surface area contributed by atoms with E-state index in [0.29, 0.717) is 17.2 Å². The SMILES string of the molecule is C[C@H](N)Cn1ccc2cc(Cl)c3ncccc3c21.O=C(O)C=CC(=O)O. The van der Waals surface area contributed by atoms with Crippen molar-refractivity contribution in [2.45, 2.75) is 19.5 Å². The van der Waals surface area contributed by atoms with Crippen LogP contribution in [0.25, 0.3) is 21.8 Å². The lowest BCUT2D eigenvalue weighted by molar-refractivity contribution is -0.134. The number of carboxylic acid groups (broad SMARTS) is 2. The van der Waals surface area contributed by atoms with E-state index in [1.165, 1.54) is 0 Å². The topological polar surface area (TPSA) is 118 Å². The highest BCUT2D eigenvalue weighted by atomic mass is 35.5. The first kappa shape index (κ1) is 19.4. The number of fused-ring (bicyclic) bond motifs is 3. The van der Waals surface area contributed by atoms with E-state index in [4.69, 9.17) is 27.5 Å². The molecule has 0 amide bonds. The number of nitrogens with two attached hydrogens (primary N) is 1. The summed E-state index contributed by atoms with van der Waals surface area (Å²) in [5.41, 5.74) is 7.88. The van der Waals surface area contributed by atoms with Crippen LogP contribution in [0.3, 0.4) is 0 Å². The number of carboxylic acids is 2. The van der Waals surface area contributed by atoms with Gasteiger partial charge in [-0.1, -0.05) is 11.6 Å². The quantitative estimate of drug-likeness (QED) is 0.603. The number of aliphatic carboxylic acids is 2. The molecule has 0 radical (unpaired) electrons. The third-order valence-corrected chi connectivity index (χ3v) is 3.71. The first-order valence-corrected chi connectivity index (χ1v) is 8.09. The molecule has 0 aliphatic rings. The molecule has 0 saturated carbocycles. The summed E-state index contributed by atoms with van der Waals surface area (Å²) in [5.74, 6) is -2.51. The molecule has 0 bridgehead atoms. The van der Waals surface area contributed by atoms with Gasteiger partial charge < -0.3 is 20.5 Å². The van der Waals surface area contributed by atoms with Crippen LogP contribution in [0.1, 0.15) is 6.92 Å². The van der Waals surface area contributed by atoms with Gasteiger partial charge in [0.15, 0.2) is 0 Å². The number of hydrogen-bond acceptors (Lipinski definition) is 4. The van der Waals surface area contributed by atoms with Crippen molar-refractivity contribution in [3.63, 3.8) is 0 Å². The molecule has 7 nitrogen and oxygen atoms in total. The summed E-state index contributed by atoms with van der Waals surface area (Å²) in [7, 11) is 0. The minimum Gasteiger partial charge on any atom is -0.478 e. The fourth-order valence-electron chi connectivity index (χ4n) is 2.51. The lowest BCUT2D eigenvalue weighted by Gasteiger charge is -2.10. The second-order valence-corrected chi connectivity index (χ2v) is 6.06. The van der Waals surface area contributed by atoms with E-state index in [0.717, 1.165) is 28.4 Å². The molecule has 2 heterocycles. The third kappa shape index (κ3) is 4.81. The van der Waals surface area contributed by atoms with Crippen LogP contribution >= 0.6 is 11.6 Å². The van der Waals surface area contributed by atoms with Gasteiger partial charge >= 0.3 is 11.9 Å². The van der Waals surface area contributed by atoms with Crippen molar-refractivity contribution in [2.24, 2.45) is 5.73 Å². The summed E-state index contributed by atoms with van der Waals surface area (Å²) < 4.78 is 2.17. The molecule has 4 N–H and O–H groups in total. The van der Waals surface area contributed by atoms with Gasteiger partial charge in [-0.2, -0.15) is 0 Å². The zero-order chi connectivity index (χ0) is 19.3. The smallest absolute Gasteiger partial charge is 0.328 e. The Morgan fingerprint density at radius 2 is 1.96 bits per heavy atom. The predicted molar refractivity (Wildman–Crippen MR) is 100 cm³/mol. The number of aromatic nitrogens is 2. The van der Waals surface area contributed by atoms with Crippen LogP contribution in [-0.4, -0.2) is 37.7 Å². The zero-order valence-corrected chi connectivity index (χ0v) is 14.7. The van der Waals surface area contributed by atoms with E-state index in [2.05, 4.69) is 21.8 Å². The third-order valence-electron chi connectivity index (χ3n) is 3.42. The number of halogens is 1. The fraction of sp³-hybridized carbons (Fsp3) is 0.167. The van der Waals surface area contributed by atoms with Crippen molar-refractivity contribution in [1.82, 2.24) is 9.55 Å². The molecular formula is C18H18ClN3O4. The van der Waals surface area contributed by atoms with Gasteiger partial charge in [0.05, 0.1) is 16.1 Å². The second-order valence-electron chi connectivity index (χ2n) is 5.65. The Balaban J connectivity index is 0.000000260. The van der Waals surface area contributed by atoms with Gasteiger partial charge in [-0.25, -0.2) is 9.59 Å². The highest BCUT2D eigenvalue weighted by Crippen LogP contribution is 2.30. The molecule has 2 aromatic heterocycles. The number of benzene rings is 1. The number of pyridine rings is 1. The van der Waals surface area contributed by atoms with Crippen LogP contribution in [0, 0.1) is 0 Å². The molecule has 1 aromatic carbocycles. The lowest BCUT2D eigenvalue weighted by Crippen LogP contribution is -2.21. The maximum absolute atomic E-state index is 9.55. The largest absolute Gasteiger partial charge is 0.478 e. The van der Waals surface area contributed by atoms with E-state index in [9.17, 15) is 9.59 Å². The van der Waals surface area contributed by atoms with Crippen LogP contribution in [-0.2, 0) is 16.1 Å². The van der Waals surface area contributed by atoms with Crippen molar-refractivity contribution in [3.05, 3.63) is 53.8 Å². The van der Waals surface area contributed by atoms with Crippen molar-refractivity contribution in [1.29, 1.82) is 0 Å². The van der Waals surface area contributed by atoms with E-state index < -0.39 is 11.9 Å². The Morgan fingerprint density at radius 1 is 1.31 bits per heavy atom. The second kappa shape index (κ2) is 8.46. The average Bonchev–Trinajstić information content (AvgIpc) is 2.96. The molecule has 0 saturated heterocycles. The molecule has 0 aliphatic heterocycles. The van der Waals surface area contributed by atoms with Crippen molar-refractivity contribution < 1.29 is 19.8 Å². The van der Waals surface area contributed by atoms with Gasteiger partial charge in [-0.3, -0.25) is 4.98 Å². The Labute approximate surface area is 154 Å². The maximum atomic E-state index is 9.55. The highest BCUT2D eigenvalue weighted by molar-refractivity contribution is 6.36. The van der Waals surface area contributed by atoms with E-state index in [1.807, 2.05) is 25.1 Å². The zero-order valence-electron chi connectivity index (χ0n) is 14.0. The molecule has 3 aromatic rings. The fourth-order valence-corrected chi connectivity index (χ4v) is 2.78. The number of rotatable bonds is 4. The van der Waals surface area contributed by atoms with Crippen LogP contribution in [0.5, 0.6) is 0 Å². The van der Waals surface area contributed by atoms with Gasteiger partial charge in [0.1, 0.15) is 0 Å². The minimum atomic E-state index is -1.26. The Hall–Kier alpha value is -2.90. The van der Waals surface area contributed by atoms with Gasteiger partial charge in [0.2, 0.25) is 0 Å². The summed E-state index contributed by atoms with van der Waals surface area (Å²) in [5, 5.41) is 18.5. The van der Waals surface area contributed by atoms with Crippen molar-refractivity contribution >= 4 is 45.3 Å². The number of nitrogens with zero attached hydrogens (tertiary/aromatic N) is 2. The van der Waals surface area contributed by atoms with Crippen LogP contribution in [0.4, 0.5) is 0 Å². The molecule has 1 atom stereocenters. The van der Waals surface area contributed by atoms with Gasteiger partial charge in [-0.15, -0.1) is 0 Å². The standard InChI is InChI=1S/C14H14ClN3.C4H4O4/c1-9(16)8-18-6-4-10-7-12(15)13-11(14(10)18)3-2-5-17-13;5-3(6)1-2-4(7)8/h2-7,9H,8,16H2,1H3;1-2H,(H,5,6)(H,7,8)/t9-;/m0./s1. The van der Waals surface area contributed by atoms with E-state index >= 15 is 0 Å². The van der Waals surface area contributed by atoms with Crippen LogP contribution in [0.2, 0.25) is 5.02 Å². The highest BCUT2D eigenvalue weighted by Gasteiger charge is 2.10. The predicted octanol–water partition coefficient (Wildman–Crippen LogP) is 2.90. The Morgan fingerprint density at radius 3 is 2.54 bits per heavy atom. The molecule has 0 spiro atoms. The molecule has 8 heteroatoms. The first-order chi connectivity index (χ1) is 12.3. The number of carbonyl (C=O) groups is 2. The van der Waals surface area contributed by atoms with Gasteiger partial charge in [0.25, 0.3) is 0 Å². The Bertz CT molecular complexity index is 963. The summed E-state index contributed by atoms with van der Waals surface area (Å²) in [6.07, 6.45) is 4.93. The normalized spacial score (nSPS) is 12.1. The molecule has 0 unspecified atom stereocenters. The minimum absolute atomic E-state index is 0.114. The monoisotopic (exact) mass is 375 g/mol. The number of hydrogen-bond donors (Lipinski definition) is 3. The molecular weight excluding hydrogens is 358 g/mol. The van der Waals surface area contributed by atoms with Gasteiger partial charge in [-0.05, 0) is 31.2 Å². The van der Waals surface area contributed by atoms with E-state index in [1.54, 1.807) is 6.20 Å². The summed E-state index contributed by atoms with van der Waals surface area (Å²) in [6, 6.07) is 8.12. The van der Waals surface area contributed by atoms with Crippen LogP contribution in [0.15, 0.2) is 48.8 Å². The molecule has 136 valence electrons. The summed E-state index contributed by atoms with van der Waals surface area (Å²) in [4.78, 5) is 23.5. The molecule has 3 rings (SSSR count). The van der Waals surface area contributed by atoms with E-state index in [-0.39, 0.29) is 6.04 Å². The maximum Gasteiger partial charge on any atom is 0.328 e. The molecule has 0 aliphatic carbocycles. The average molecular weight is 376 g/mol. The van der Waals surface area contributed by atoms with Crippen molar-refractivity contribution in [3.8, 4) is 0 Å².